The van der Waals surface area contributed by atoms with Crippen molar-refractivity contribution in [1.82, 2.24) is 0 Å². The Morgan fingerprint density at radius 1 is 0.833 bits per heavy atom. The van der Waals surface area contributed by atoms with Crippen LogP contribution in [0.2, 0.25) is 0 Å². The van der Waals surface area contributed by atoms with Gasteiger partial charge < -0.3 is 14.6 Å². The second-order valence-electron chi connectivity index (χ2n) is 7.83. The van der Waals surface area contributed by atoms with Gasteiger partial charge in [-0.25, -0.2) is 0 Å². The summed E-state index contributed by atoms with van der Waals surface area (Å²) >= 11 is 0. The number of benzene rings is 3. The summed E-state index contributed by atoms with van der Waals surface area (Å²) in [6.45, 7) is 2.34. The van der Waals surface area contributed by atoms with E-state index < -0.39 is 5.60 Å². The molecule has 4 rings (SSSR count). The van der Waals surface area contributed by atoms with Crippen molar-refractivity contribution in [2.75, 3.05) is 0 Å². The van der Waals surface area contributed by atoms with Crippen LogP contribution in [0.15, 0.2) is 72.8 Å². The molecular formula is C26H26O4. The molecule has 3 aromatic carbocycles. The molecule has 0 saturated heterocycles. The molecule has 0 aliphatic heterocycles. The zero-order valence-corrected chi connectivity index (χ0v) is 17.1. The number of Topliss-reactive ketones (excluding diaryl/α,β-unsaturated/α-hetero) is 1. The summed E-state index contributed by atoms with van der Waals surface area (Å²) in [6, 6.07) is 23.8. The summed E-state index contributed by atoms with van der Waals surface area (Å²) in [5.74, 6) is 1.27. The molecule has 154 valence electrons. The van der Waals surface area contributed by atoms with Gasteiger partial charge in [0.1, 0.15) is 30.3 Å². The van der Waals surface area contributed by atoms with Crippen molar-refractivity contribution in [2.45, 2.75) is 45.0 Å². The number of rotatable bonds is 7. The quantitative estimate of drug-likeness (QED) is 0.625. The normalized spacial score (nSPS) is 17.8. The van der Waals surface area contributed by atoms with Gasteiger partial charge in [-0.2, -0.15) is 0 Å². The van der Waals surface area contributed by atoms with Crippen LogP contribution in [0.4, 0.5) is 0 Å². The predicted molar refractivity (Wildman–Crippen MR) is 116 cm³/mol. The van der Waals surface area contributed by atoms with Gasteiger partial charge in [-0.15, -0.1) is 0 Å². The lowest BCUT2D eigenvalue weighted by molar-refractivity contribution is -0.136. The zero-order valence-electron chi connectivity index (χ0n) is 17.1. The van der Waals surface area contributed by atoms with Crippen molar-refractivity contribution < 1.29 is 19.4 Å². The molecule has 4 heteroatoms. The van der Waals surface area contributed by atoms with Crippen molar-refractivity contribution >= 4 is 5.78 Å². The molecule has 0 fully saturated rings. The van der Waals surface area contributed by atoms with Gasteiger partial charge >= 0.3 is 0 Å². The van der Waals surface area contributed by atoms with Gasteiger partial charge in [-0.1, -0.05) is 60.7 Å². The fraction of sp³-hybridized carbons (Fsp3) is 0.269. The van der Waals surface area contributed by atoms with E-state index in [9.17, 15) is 9.90 Å². The van der Waals surface area contributed by atoms with Crippen LogP contribution in [0.5, 0.6) is 11.5 Å². The molecule has 0 amide bonds. The van der Waals surface area contributed by atoms with Crippen LogP contribution in [0.25, 0.3) is 0 Å². The number of fused-ring (bicyclic) bond motifs is 1. The average Bonchev–Trinajstić information content (AvgIpc) is 2.78. The van der Waals surface area contributed by atoms with E-state index in [-0.39, 0.29) is 12.2 Å². The van der Waals surface area contributed by atoms with Crippen LogP contribution in [0.3, 0.4) is 0 Å². The molecule has 1 aliphatic carbocycles. The number of carbonyl (C=O) groups is 1. The van der Waals surface area contributed by atoms with Gasteiger partial charge in [0, 0.05) is 17.5 Å². The fourth-order valence-corrected chi connectivity index (χ4v) is 3.87. The van der Waals surface area contributed by atoms with Gasteiger partial charge in [-0.05, 0) is 43.0 Å². The van der Waals surface area contributed by atoms with Gasteiger partial charge in [0.25, 0.3) is 0 Å². The van der Waals surface area contributed by atoms with Crippen LogP contribution in [0.1, 0.15) is 35.6 Å². The zero-order chi connectivity index (χ0) is 21.0. The lowest BCUT2D eigenvalue weighted by Crippen LogP contribution is -2.42. The molecule has 0 bridgehead atoms. The third-order valence-electron chi connectivity index (χ3n) is 5.73. The summed E-state index contributed by atoms with van der Waals surface area (Å²) in [7, 11) is 0. The topological polar surface area (TPSA) is 55.8 Å². The minimum Gasteiger partial charge on any atom is -0.489 e. The number of ketones is 1. The standard InChI is InChI=1S/C26H26O4/c1-19(27)26(28)15-14-22-23(16-26)25(30-18-21-10-6-3-7-11-21)13-12-24(22)29-17-20-8-4-2-5-9-20/h2-13,28H,14-18H2,1H3. The van der Waals surface area contributed by atoms with E-state index >= 15 is 0 Å². The Morgan fingerprint density at radius 3 is 1.83 bits per heavy atom. The molecule has 30 heavy (non-hydrogen) atoms. The summed E-state index contributed by atoms with van der Waals surface area (Å²) in [6.07, 6.45) is 1.20. The maximum atomic E-state index is 12.1. The Labute approximate surface area is 177 Å². The van der Waals surface area contributed by atoms with Crippen molar-refractivity contribution in [1.29, 1.82) is 0 Å². The first-order chi connectivity index (χ1) is 14.5. The first-order valence-electron chi connectivity index (χ1n) is 10.3. The maximum Gasteiger partial charge on any atom is 0.161 e. The molecule has 1 unspecified atom stereocenters. The minimum atomic E-state index is -1.35. The minimum absolute atomic E-state index is 0.210. The smallest absolute Gasteiger partial charge is 0.161 e. The first-order valence-corrected chi connectivity index (χ1v) is 10.3. The van der Waals surface area contributed by atoms with Crippen molar-refractivity contribution in [3.63, 3.8) is 0 Å². The lowest BCUT2D eigenvalue weighted by atomic mass is 9.77. The lowest BCUT2D eigenvalue weighted by Gasteiger charge is -2.33. The van der Waals surface area contributed by atoms with Crippen LogP contribution in [0, 0.1) is 0 Å². The van der Waals surface area contributed by atoms with Crippen LogP contribution < -0.4 is 9.47 Å². The molecule has 1 N–H and O–H groups in total. The van der Waals surface area contributed by atoms with Gasteiger partial charge in [0.2, 0.25) is 0 Å². The fourth-order valence-electron chi connectivity index (χ4n) is 3.87. The molecule has 0 saturated carbocycles. The second-order valence-corrected chi connectivity index (χ2v) is 7.83. The van der Waals surface area contributed by atoms with Crippen LogP contribution >= 0.6 is 0 Å². The highest BCUT2D eigenvalue weighted by Gasteiger charge is 2.39. The summed E-state index contributed by atoms with van der Waals surface area (Å²) in [5.41, 5.74) is 2.68. The van der Waals surface area contributed by atoms with Crippen LogP contribution in [-0.2, 0) is 30.8 Å². The maximum absolute atomic E-state index is 12.1. The molecule has 3 aromatic rings. The summed E-state index contributed by atoms with van der Waals surface area (Å²) < 4.78 is 12.2. The molecule has 0 heterocycles. The molecule has 1 atom stereocenters. The van der Waals surface area contributed by atoms with Crippen LogP contribution in [-0.4, -0.2) is 16.5 Å². The molecular weight excluding hydrogens is 376 g/mol. The SMILES string of the molecule is CC(=O)C1(O)CCc2c(OCc3ccccc3)ccc(OCc3ccccc3)c2C1. The Morgan fingerprint density at radius 2 is 1.33 bits per heavy atom. The van der Waals surface area contributed by atoms with E-state index in [1.807, 2.05) is 72.8 Å². The summed E-state index contributed by atoms with van der Waals surface area (Å²) in [4.78, 5) is 12.1. The Bertz CT molecular complexity index is 1010. The summed E-state index contributed by atoms with van der Waals surface area (Å²) in [5, 5.41) is 10.9. The average molecular weight is 402 g/mol. The van der Waals surface area contributed by atoms with E-state index in [0.29, 0.717) is 31.8 Å². The Kier molecular flexibility index (Phi) is 5.86. The Hall–Kier alpha value is -3.11. The number of ether oxygens (including phenoxy) is 2. The number of hydrogen-bond donors (Lipinski definition) is 1. The molecule has 1 aliphatic rings. The van der Waals surface area contributed by atoms with Gasteiger partial charge in [0.15, 0.2) is 5.78 Å². The molecule has 0 aromatic heterocycles. The van der Waals surface area contributed by atoms with E-state index in [1.165, 1.54) is 6.92 Å². The van der Waals surface area contributed by atoms with Gasteiger partial charge in [-0.3, -0.25) is 4.79 Å². The third-order valence-corrected chi connectivity index (χ3v) is 5.73. The number of hydrogen-bond acceptors (Lipinski definition) is 4. The van der Waals surface area contributed by atoms with E-state index in [1.54, 1.807) is 0 Å². The highest BCUT2D eigenvalue weighted by molar-refractivity contribution is 5.85. The number of carbonyl (C=O) groups excluding carboxylic acids is 1. The highest BCUT2D eigenvalue weighted by Crippen LogP contribution is 2.40. The largest absolute Gasteiger partial charge is 0.489 e. The van der Waals surface area contributed by atoms with Crippen molar-refractivity contribution in [3.8, 4) is 11.5 Å². The number of aliphatic hydroxyl groups is 1. The molecule has 4 nitrogen and oxygen atoms in total. The van der Waals surface area contributed by atoms with Gasteiger partial charge in [0.05, 0.1) is 0 Å². The monoisotopic (exact) mass is 402 g/mol. The second kappa shape index (κ2) is 8.72. The van der Waals surface area contributed by atoms with E-state index in [0.717, 1.165) is 28.0 Å². The molecule has 0 radical (unpaired) electrons. The Balaban J connectivity index is 1.61. The predicted octanol–water partition coefficient (Wildman–Crippen LogP) is 4.65. The van der Waals surface area contributed by atoms with E-state index in [4.69, 9.17) is 9.47 Å². The molecule has 0 spiro atoms. The van der Waals surface area contributed by atoms with E-state index in [2.05, 4.69) is 0 Å². The van der Waals surface area contributed by atoms with Crippen molar-refractivity contribution in [3.05, 3.63) is 95.1 Å². The first kappa shape index (κ1) is 20.2. The van der Waals surface area contributed by atoms with Crippen molar-refractivity contribution in [2.24, 2.45) is 0 Å². The highest BCUT2D eigenvalue weighted by atomic mass is 16.5. The third kappa shape index (κ3) is 4.39.